The SMILES string of the molecule is CN(C)C(=O)CCCN1CCN(Nc2cccc(C(C)(C)C)c2)CC1. The van der Waals surface area contributed by atoms with E-state index >= 15 is 0 Å². The number of rotatable bonds is 6. The fourth-order valence-electron chi connectivity index (χ4n) is 3.00. The lowest BCUT2D eigenvalue weighted by Crippen LogP contribution is -2.48. The van der Waals surface area contributed by atoms with Crippen LogP contribution >= 0.6 is 0 Å². The zero-order valence-electron chi connectivity index (χ0n) is 16.5. The molecule has 140 valence electrons. The van der Waals surface area contributed by atoms with Crippen molar-refractivity contribution in [1.29, 1.82) is 0 Å². The second kappa shape index (κ2) is 8.68. The molecule has 0 atom stereocenters. The minimum absolute atomic E-state index is 0.167. The van der Waals surface area contributed by atoms with Crippen LogP contribution in [0.15, 0.2) is 24.3 Å². The minimum Gasteiger partial charge on any atom is -0.349 e. The van der Waals surface area contributed by atoms with E-state index in [1.165, 1.54) is 5.56 Å². The Morgan fingerprint density at radius 1 is 1.16 bits per heavy atom. The van der Waals surface area contributed by atoms with Crippen LogP contribution in [-0.2, 0) is 10.2 Å². The first kappa shape index (κ1) is 19.7. The van der Waals surface area contributed by atoms with E-state index < -0.39 is 0 Å². The molecule has 1 aromatic carbocycles. The largest absolute Gasteiger partial charge is 0.349 e. The number of carbonyl (C=O) groups excluding carboxylic acids is 1. The molecule has 0 radical (unpaired) electrons. The molecule has 0 bridgehead atoms. The van der Waals surface area contributed by atoms with E-state index in [1.807, 2.05) is 14.1 Å². The molecule has 1 amide bonds. The van der Waals surface area contributed by atoms with Gasteiger partial charge >= 0.3 is 0 Å². The van der Waals surface area contributed by atoms with Crippen molar-refractivity contribution in [1.82, 2.24) is 14.8 Å². The van der Waals surface area contributed by atoms with Crippen LogP contribution in [0.4, 0.5) is 5.69 Å². The summed E-state index contributed by atoms with van der Waals surface area (Å²) in [6, 6.07) is 8.70. The molecule has 0 saturated carbocycles. The Labute approximate surface area is 152 Å². The number of piperazine rings is 1. The average Bonchev–Trinajstić information content (AvgIpc) is 2.56. The summed E-state index contributed by atoms with van der Waals surface area (Å²) >= 11 is 0. The number of carbonyl (C=O) groups is 1. The summed E-state index contributed by atoms with van der Waals surface area (Å²) in [6.07, 6.45) is 1.59. The second-order valence-corrected chi connectivity index (χ2v) is 8.16. The lowest BCUT2D eigenvalue weighted by molar-refractivity contribution is -0.128. The van der Waals surface area contributed by atoms with Crippen molar-refractivity contribution in [3.8, 4) is 0 Å². The third kappa shape index (κ3) is 6.33. The predicted molar refractivity (Wildman–Crippen MR) is 105 cm³/mol. The fourth-order valence-corrected chi connectivity index (χ4v) is 3.00. The molecule has 1 saturated heterocycles. The Morgan fingerprint density at radius 3 is 2.44 bits per heavy atom. The van der Waals surface area contributed by atoms with Crippen LogP contribution < -0.4 is 5.43 Å². The van der Waals surface area contributed by atoms with Gasteiger partial charge in [0.1, 0.15) is 0 Å². The smallest absolute Gasteiger partial charge is 0.222 e. The Balaban J connectivity index is 1.75. The zero-order chi connectivity index (χ0) is 18.4. The first-order valence-corrected chi connectivity index (χ1v) is 9.30. The quantitative estimate of drug-likeness (QED) is 0.860. The molecule has 1 N–H and O–H groups in total. The monoisotopic (exact) mass is 346 g/mol. The van der Waals surface area contributed by atoms with E-state index in [4.69, 9.17) is 0 Å². The Bertz CT molecular complexity index is 557. The van der Waals surface area contributed by atoms with Crippen LogP contribution in [-0.4, -0.2) is 67.5 Å². The normalized spacial score (nSPS) is 16.7. The summed E-state index contributed by atoms with van der Waals surface area (Å²) in [5.74, 6) is 0.221. The number of hydrogen-bond acceptors (Lipinski definition) is 4. The third-order valence-electron chi connectivity index (χ3n) is 4.75. The highest BCUT2D eigenvalue weighted by molar-refractivity contribution is 5.75. The molecule has 1 fully saturated rings. The number of hydrazine groups is 1. The van der Waals surface area contributed by atoms with Crippen molar-refractivity contribution in [2.75, 3.05) is 52.2 Å². The van der Waals surface area contributed by atoms with Gasteiger partial charge in [-0.25, -0.2) is 5.01 Å². The van der Waals surface area contributed by atoms with Crippen LogP contribution in [0.2, 0.25) is 0 Å². The van der Waals surface area contributed by atoms with Gasteiger partial charge in [-0.15, -0.1) is 0 Å². The highest BCUT2D eigenvalue weighted by atomic mass is 16.2. The maximum atomic E-state index is 11.6. The van der Waals surface area contributed by atoms with Gasteiger partial charge in [-0.3, -0.25) is 4.79 Å². The maximum Gasteiger partial charge on any atom is 0.222 e. The van der Waals surface area contributed by atoms with Crippen LogP contribution in [0.3, 0.4) is 0 Å². The van der Waals surface area contributed by atoms with E-state index in [2.05, 4.69) is 60.4 Å². The molecular weight excluding hydrogens is 312 g/mol. The molecule has 0 unspecified atom stereocenters. The molecule has 0 aromatic heterocycles. The number of amides is 1. The molecular formula is C20H34N4O. The van der Waals surface area contributed by atoms with Crippen LogP contribution in [0.5, 0.6) is 0 Å². The zero-order valence-corrected chi connectivity index (χ0v) is 16.5. The van der Waals surface area contributed by atoms with E-state index in [-0.39, 0.29) is 11.3 Å². The first-order chi connectivity index (χ1) is 11.8. The van der Waals surface area contributed by atoms with Crippen molar-refractivity contribution < 1.29 is 4.79 Å². The summed E-state index contributed by atoms with van der Waals surface area (Å²) in [5.41, 5.74) is 6.23. The van der Waals surface area contributed by atoms with E-state index in [0.29, 0.717) is 6.42 Å². The van der Waals surface area contributed by atoms with Crippen molar-refractivity contribution in [3.05, 3.63) is 29.8 Å². The van der Waals surface area contributed by atoms with Gasteiger partial charge in [-0.05, 0) is 36.1 Å². The molecule has 1 aliphatic rings. The fraction of sp³-hybridized carbons (Fsp3) is 0.650. The van der Waals surface area contributed by atoms with Crippen molar-refractivity contribution in [3.63, 3.8) is 0 Å². The summed E-state index contributed by atoms with van der Waals surface area (Å²) in [5, 5.41) is 2.29. The second-order valence-electron chi connectivity index (χ2n) is 8.16. The number of benzene rings is 1. The van der Waals surface area contributed by atoms with Gasteiger partial charge in [-0.1, -0.05) is 32.9 Å². The van der Waals surface area contributed by atoms with Crippen LogP contribution in [0.1, 0.15) is 39.2 Å². The van der Waals surface area contributed by atoms with E-state index in [1.54, 1.807) is 4.90 Å². The first-order valence-electron chi connectivity index (χ1n) is 9.30. The lowest BCUT2D eigenvalue weighted by Gasteiger charge is -2.35. The molecule has 2 rings (SSSR count). The van der Waals surface area contributed by atoms with Gasteiger partial charge in [0.25, 0.3) is 0 Å². The molecule has 5 nitrogen and oxygen atoms in total. The molecule has 1 heterocycles. The summed E-state index contributed by atoms with van der Waals surface area (Å²) in [7, 11) is 3.64. The molecule has 25 heavy (non-hydrogen) atoms. The minimum atomic E-state index is 0.167. The molecule has 5 heteroatoms. The topological polar surface area (TPSA) is 38.8 Å². The van der Waals surface area contributed by atoms with Gasteiger partial charge < -0.3 is 15.2 Å². The predicted octanol–water partition coefficient (Wildman–Crippen LogP) is 2.80. The number of anilines is 1. The Morgan fingerprint density at radius 2 is 1.84 bits per heavy atom. The Kier molecular flexibility index (Phi) is 6.85. The van der Waals surface area contributed by atoms with Crippen LogP contribution in [0.25, 0.3) is 0 Å². The number of nitrogens with zero attached hydrogens (tertiary/aromatic N) is 3. The number of nitrogens with one attached hydrogen (secondary N) is 1. The van der Waals surface area contributed by atoms with Crippen molar-refractivity contribution >= 4 is 11.6 Å². The number of hydrogen-bond donors (Lipinski definition) is 1. The molecule has 0 aliphatic carbocycles. The van der Waals surface area contributed by atoms with Gasteiger partial charge in [0.2, 0.25) is 5.91 Å². The average molecular weight is 347 g/mol. The van der Waals surface area contributed by atoms with Gasteiger partial charge in [0, 0.05) is 52.4 Å². The van der Waals surface area contributed by atoms with Crippen LogP contribution in [0, 0.1) is 0 Å². The summed E-state index contributed by atoms with van der Waals surface area (Å²) < 4.78 is 0. The third-order valence-corrected chi connectivity index (χ3v) is 4.75. The van der Waals surface area contributed by atoms with Gasteiger partial charge in [0.05, 0.1) is 0 Å². The van der Waals surface area contributed by atoms with E-state index in [0.717, 1.165) is 44.8 Å². The summed E-state index contributed by atoms with van der Waals surface area (Å²) in [6.45, 7) is 11.8. The highest BCUT2D eigenvalue weighted by Crippen LogP contribution is 2.24. The Hall–Kier alpha value is -1.59. The van der Waals surface area contributed by atoms with Gasteiger partial charge in [0.15, 0.2) is 0 Å². The van der Waals surface area contributed by atoms with E-state index in [9.17, 15) is 4.79 Å². The molecule has 0 spiro atoms. The molecule has 1 aliphatic heterocycles. The molecule has 1 aromatic rings. The standard InChI is InChI=1S/C20H34N4O/c1-20(2,3)17-8-6-9-18(16-17)21-24-14-12-23(13-15-24)11-7-10-19(25)22(4)5/h6,8-9,16,21H,7,10-15H2,1-5H3. The highest BCUT2D eigenvalue weighted by Gasteiger charge is 2.18. The lowest BCUT2D eigenvalue weighted by atomic mass is 9.87. The summed E-state index contributed by atoms with van der Waals surface area (Å²) in [4.78, 5) is 15.8. The maximum absolute atomic E-state index is 11.6. The van der Waals surface area contributed by atoms with Crippen molar-refractivity contribution in [2.24, 2.45) is 0 Å². The van der Waals surface area contributed by atoms with Gasteiger partial charge in [-0.2, -0.15) is 0 Å². The van der Waals surface area contributed by atoms with Crippen molar-refractivity contribution in [2.45, 2.75) is 39.0 Å².